The summed E-state index contributed by atoms with van der Waals surface area (Å²) in [6.07, 6.45) is 2.96. The van der Waals surface area contributed by atoms with Gasteiger partial charge in [-0.05, 0) is 20.3 Å². The van der Waals surface area contributed by atoms with Crippen molar-refractivity contribution in [1.29, 1.82) is 0 Å². The van der Waals surface area contributed by atoms with Gasteiger partial charge in [-0.25, -0.2) is 0 Å². The number of carbonyl (C=O) groups excluding carboxylic acids is 1. The molecule has 0 unspecified atom stereocenters. The molecule has 0 amide bonds. The van der Waals surface area contributed by atoms with E-state index in [1.807, 2.05) is 13.8 Å². The van der Waals surface area contributed by atoms with E-state index in [1.165, 1.54) is 22.8 Å². The fourth-order valence-corrected chi connectivity index (χ4v) is 3.38. The molecular weight excluding hydrogens is 280 g/mol. The predicted octanol–water partition coefficient (Wildman–Crippen LogP) is 1.63. The average Bonchev–Trinajstić information content (AvgIpc) is 2.39. The molecule has 20 heavy (non-hydrogen) atoms. The lowest BCUT2D eigenvalue weighted by atomic mass is 10.2. The van der Waals surface area contributed by atoms with Gasteiger partial charge in [-0.3, -0.25) is 4.79 Å². The molecule has 0 saturated carbocycles. The van der Waals surface area contributed by atoms with Crippen LogP contribution in [0.2, 0.25) is 0 Å². The maximum absolute atomic E-state index is 12.5. The highest BCUT2D eigenvalue weighted by molar-refractivity contribution is 7.86. The van der Waals surface area contributed by atoms with Gasteiger partial charge in [-0.15, -0.1) is 0 Å². The Hall–Kier alpha value is -0.660. The Morgan fingerprint density at radius 2 is 1.80 bits per heavy atom. The number of hydrogen-bond acceptors (Lipinski definition) is 4. The first-order chi connectivity index (χ1) is 9.27. The molecule has 7 heteroatoms. The van der Waals surface area contributed by atoms with Crippen molar-refractivity contribution < 1.29 is 17.9 Å². The highest BCUT2D eigenvalue weighted by atomic mass is 32.2. The van der Waals surface area contributed by atoms with Gasteiger partial charge in [-0.1, -0.05) is 19.8 Å². The summed E-state index contributed by atoms with van der Waals surface area (Å²) in [6.45, 7) is 6.44. The molecule has 0 aromatic carbocycles. The zero-order valence-electron chi connectivity index (χ0n) is 13.3. The first-order valence-corrected chi connectivity index (χ1v) is 8.47. The number of carbonyl (C=O) groups is 1. The third-order valence-electron chi connectivity index (χ3n) is 3.11. The molecule has 0 aliphatic heterocycles. The maximum atomic E-state index is 12.5. The SMILES string of the molecule is CCCCCN(C(C)C)S(=O)(=O)N(C)CCC(=O)OC. The van der Waals surface area contributed by atoms with Crippen molar-refractivity contribution in [3.05, 3.63) is 0 Å². The summed E-state index contributed by atoms with van der Waals surface area (Å²) in [5.74, 6) is -0.408. The number of nitrogens with zero attached hydrogens (tertiary/aromatic N) is 2. The maximum Gasteiger partial charge on any atom is 0.306 e. The van der Waals surface area contributed by atoms with E-state index < -0.39 is 16.2 Å². The van der Waals surface area contributed by atoms with E-state index in [-0.39, 0.29) is 19.0 Å². The first kappa shape index (κ1) is 19.3. The van der Waals surface area contributed by atoms with Crippen molar-refractivity contribution in [2.75, 3.05) is 27.2 Å². The van der Waals surface area contributed by atoms with Gasteiger partial charge < -0.3 is 4.74 Å². The van der Waals surface area contributed by atoms with Crippen LogP contribution in [-0.4, -0.2) is 56.3 Å². The lowest BCUT2D eigenvalue weighted by molar-refractivity contribution is -0.140. The van der Waals surface area contributed by atoms with E-state index in [4.69, 9.17) is 0 Å². The van der Waals surface area contributed by atoms with Crippen LogP contribution in [0.5, 0.6) is 0 Å². The van der Waals surface area contributed by atoms with Crippen LogP contribution < -0.4 is 0 Å². The van der Waals surface area contributed by atoms with Gasteiger partial charge in [0.2, 0.25) is 0 Å². The molecule has 0 aromatic rings. The van der Waals surface area contributed by atoms with Gasteiger partial charge in [0.25, 0.3) is 10.2 Å². The third-order valence-corrected chi connectivity index (χ3v) is 5.27. The summed E-state index contributed by atoms with van der Waals surface area (Å²) in [5.41, 5.74) is 0. The molecule has 120 valence electrons. The van der Waals surface area contributed by atoms with Crippen LogP contribution in [0.3, 0.4) is 0 Å². The molecule has 0 bridgehead atoms. The Morgan fingerprint density at radius 1 is 1.20 bits per heavy atom. The van der Waals surface area contributed by atoms with E-state index in [9.17, 15) is 13.2 Å². The molecule has 0 aliphatic carbocycles. The summed E-state index contributed by atoms with van der Waals surface area (Å²) in [5, 5.41) is 0. The number of unbranched alkanes of at least 4 members (excludes halogenated alkanes) is 2. The molecular formula is C13H28N2O4S. The van der Waals surface area contributed by atoms with Crippen LogP contribution in [0.4, 0.5) is 0 Å². The first-order valence-electron chi connectivity index (χ1n) is 7.07. The van der Waals surface area contributed by atoms with Crippen molar-refractivity contribution in [3.63, 3.8) is 0 Å². The minimum atomic E-state index is -3.53. The van der Waals surface area contributed by atoms with E-state index in [0.29, 0.717) is 6.54 Å². The zero-order chi connectivity index (χ0) is 15.8. The average molecular weight is 308 g/mol. The van der Waals surface area contributed by atoms with Crippen molar-refractivity contribution in [1.82, 2.24) is 8.61 Å². The standard InChI is InChI=1S/C13H28N2O4S/c1-6-7-8-10-15(12(2)3)20(17,18)14(4)11-9-13(16)19-5/h12H,6-11H2,1-5H3. The van der Waals surface area contributed by atoms with E-state index in [2.05, 4.69) is 11.7 Å². The van der Waals surface area contributed by atoms with Gasteiger partial charge in [-0.2, -0.15) is 17.0 Å². The van der Waals surface area contributed by atoms with Crippen LogP contribution in [-0.2, 0) is 19.7 Å². The summed E-state index contributed by atoms with van der Waals surface area (Å²) < 4.78 is 32.2. The van der Waals surface area contributed by atoms with Crippen LogP contribution in [0.1, 0.15) is 46.5 Å². The second-order valence-electron chi connectivity index (χ2n) is 5.07. The largest absolute Gasteiger partial charge is 0.469 e. The molecule has 0 atom stereocenters. The fourth-order valence-electron chi connectivity index (χ4n) is 1.80. The third kappa shape index (κ3) is 6.19. The smallest absolute Gasteiger partial charge is 0.306 e. The Kier molecular flexibility index (Phi) is 9.00. The Bertz CT molecular complexity index is 382. The monoisotopic (exact) mass is 308 g/mol. The Balaban J connectivity index is 4.71. The van der Waals surface area contributed by atoms with Crippen molar-refractivity contribution in [2.24, 2.45) is 0 Å². The molecule has 0 saturated heterocycles. The van der Waals surface area contributed by atoms with E-state index >= 15 is 0 Å². The summed E-state index contributed by atoms with van der Waals surface area (Å²) in [7, 11) is -0.739. The lowest BCUT2D eigenvalue weighted by Gasteiger charge is -2.30. The summed E-state index contributed by atoms with van der Waals surface area (Å²) >= 11 is 0. The van der Waals surface area contributed by atoms with Gasteiger partial charge in [0, 0.05) is 26.2 Å². The summed E-state index contributed by atoms with van der Waals surface area (Å²) in [4.78, 5) is 11.1. The van der Waals surface area contributed by atoms with Crippen LogP contribution in [0, 0.1) is 0 Å². The highest BCUT2D eigenvalue weighted by Gasteiger charge is 2.28. The second kappa shape index (κ2) is 9.31. The molecule has 6 nitrogen and oxygen atoms in total. The van der Waals surface area contributed by atoms with Gasteiger partial charge in [0.1, 0.15) is 0 Å². The lowest BCUT2D eigenvalue weighted by Crippen LogP contribution is -2.46. The van der Waals surface area contributed by atoms with Crippen molar-refractivity contribution in [2.45, 2.75) is 52.5 Å². The fraction of sp³-hybridized carbons (Fsp3) is 0.923. The van der Waals surface area contributed by atoms with Crippen molar-refractivity contribution in [3.8, 4) is 0 Å². The van der Waals surface area contributed by atoms with E-state index in [1.54, 1.807) is 0 Å². The molecule has 0 aliphatic rings. The number of ether oxygens (including phenoxy) is 1. The number of methoxy groups -OCH3 is 1. The van der Waals surface area contributed by atoms with Gasteiger partial charge in [0.05, 0.1) is 13.5 Å². The minimum absolute atomic E-state index is 0.0626. The zero-order valence-corrected chi connectivity index (χ0v) is 14.1. The van der Waals surface area contributed by atoms with Crippen LogP contribution in [0.25, 0.3) is 0 Å². The topological polar surface area (TPSA) is 66.9 Å². The number of esters is 1. The normalized spacial score (nSPS) is 12.4. The predicted molar refractivity (Wildman–Crippen MR) is 79.5 cm³/mol. The Labute approximate surface area is 123 Å². The Morgan fingerprint density at radius 3 is 2.25 bits per heavy atom. The molecule has 0 heterocycles. The van der Waals surface area contributed by atoms with Crippen molar-refractivity contribution >= 4 is 16.2 Å². The van der Waals surface area contributed by atoms with Gasteiger partial charge >= 0.3 is 5.97 Å². The molecule has 0 aromatic heterocycles. The molecule has 0 rings (SSSR count). The molecule has 0 N–H and O–H groups in total. The second-order valence-corrected chi connectivity index (χ2v) is 7.06. The molecule has 0 fully saturated rings. The molecule has 0 radical (unpaired) electrons. The van der Waals surface area contributed by atoms with Crippen LogP contribution in [0.15, 0.2) is 0 Å². The number of rotatable bonds is 10. The number of hydrogen-bond donors (Lipinski definition) is 0. The van der Waals surface area contributed by atoms with E-state index in [0.717, 1.165) is 19.3 Å². The summed E-state index contributed by atoms with van der Waals surface area (Å²) in [6, 6.07) is -0.0996. The van der Waals surface area contributed by atoms with Crippen LogP contribution >= 0.6 is 0 Å². The highest BCUT2D eigenvalue weighted by Crippen LogP contribution is 2.13. The van der Waals surface area contributed by atoms with Gasteiger partial charge in [0.15, 0.2) is 0 Å². The minimum Gasteiger partial charge on any atom is -0.469 e. The molecule has 0 spiro atoms. The quantitative estimate of drug-likeness (QED) is 0.454.